The molecule has 0 spiro atoms. The summed E-state index contributed by atoms with van der Waals surface area (Å²) in [6, 6.07) is 18.6. The van der Waals surface area contributed by atoms with Gasteiger partial charge in [0, 0.05) is 0 Å². The molecule has 0 unspecified atom stereocenters. The molecular weight excluding hydrogens is 280 g/mol. The summed E-state index contributed by atoms with van der Waals surface area (Å²) in [5.74, 6) is 2.64. The maximum absolute atomic E-state index is 5.87. The molecule has 0 fully saturated rings. The molecule has 0 aromatic heterocycles. The topological polar surface area (TPSA) is 9.23 Å². The molecule has 2 aromatic rings. The van der Waals surface area contributed by atoms with Gasteiger partial charge >= 0.3 is 0 Å². The van der Waals surface area contributed by atoms with Crippen LogP contribution in [0.4, 0.5) is 0 Å². The van der Waals surface area contributed by atoms with Crippen molar-refractivity contribution in [3.8, 4) is 11.5 Å². The van der Waals surface area contributed by atoms with Crippen LogP contribution < -0.4 is 4.74 Å². The van der Waals surface area contributed by atoms with Crippen LogP contribution in [0, 0.1) is 5.92 Å². The first-order valence-electron chi connectivity index (χ1n) is 9.13. The van der Waals surface area contributed by atoms with E-state index in [1.165, 1.54) is 50.5 Å². The van der Waals surface area contributed by atoms with Gasteiger partial charge in [-0.2, -0.15) is 0 Å². The van der Waals surface area contributed by atoms with E-state index in [1.807, 2.05) is 30.3 Å². The largest absolute Gasteiger partial charge is 0.457 e. The van der Waals surface area contributed by atoms with Crippen molar-refractivity contribution in [2.75, 3.05) is 0 Å². The van der Waals surface area contributed by atoms with E-state index in [4.69, 9.17) is 4.74 Å². The maximum atomic E-state index is 5.87. The van der Waals surface area contributed by atoms with Gasteiger partial charge in [0.05, 0.1) is 0 Å². The van der Waals surface area contributed by atoms with Crippen LogP contribution in [0.3, 0.4) is 0 Å². The van der Waals surface area contributed by atoms with Gasteiger partial charge in [0.2, 0.25) is 0 Å². The van der Waals surface area contributed by atoms with E-state index in [9.17, 15) is 0 Å². The van der Waals surface area contributed by atoms with Gasteiger partial charge in [-0.05, 0) is 42.2 Å². The second kappa shape index (κ2) is 10.1. The molecule has 0 amide bonds. The smallest absolute Gasteiger partial charge is 0.127 e. The zero-order valence-electron chi connectivity index (χ0n) is 14.6. The Morgan fingerprint density at radius 3 is 1.87 bits per heavy atom. The fourth-order valence-corrected chi connectivity index (χ4v) is 2.99. The highest BCUT2D eigenvalue weighted by molar-refractivity contribution is 5.33. The molecule has 0 atom stereocenters. The molecule has 0 saturated heterocycles. The first-order chi connectivity index (χ1) is 11.3. The van der Waals surface area contributed by atoms with Crippen LogP contribution >= 0.6 is 0 Å². The molecule has 124 valence electrons. The third-order valence-corrected chi connectivity index (χ3v) is 4.36. The van der Waals surface area contributed by atoms with E-state index < -0.39 is 0 Å². The zero-order chi connectivity index (χ0) is 16.3. The van der Waals surface area contributed by atoms with E-state index in [2.05, 4.69) is 38.1 Å². The van der Waals surface area contributed by atoms with Crippen LogP contribution in [-0.4, -0.2) is 0 Å². The van der Waals surface area contributed by atoms with Gasteiger partial charge < -0.3 is 4.74 Å². The molecule has 0 heterocycles. The number of hydrogen-bond acceptors (Lipinski definition) is 1. The molecular formula is C22H30O. The van der Waals surface area contributed by atoms with Crippen LogP contribution in [0.5, 0.6) is 11.5 Å². The molecule has 0 bridgehead atoms. The third-order valence-electron chi connectivity index (χ3n) is 4.36. The zero-order valence-corrected chi connectivity index (χ0v) is 14.6. The minimum Gasteiger partial charge on any atom is -0.457 e. The van der Waals surface area contributed by atoms with Crippen molar-refractivity contribution in [3.63, 3.8) is 0 Å². The molecule has 0 aliphatic heterocycles. The van der Waals surface area contributed by atoms with Crippen molar-refractivity contribution in [1.82, 2.24) is 0 Å². The van der Waals surface area contributed by atoms with Crippen LogP contribution in [0.25, 0.3) is 0 Å². The van der Waals surface area contributed by atoms with Crippen LogP contribution in [0.1, 0.15) is 57.9 Å². The first kappa shape index (κ1) is 17.6. The molecule has 2 rings (SSSR count). The summed E-state index contributed by atoms with van der Waals surface area (Å²) in [6.45, 7) is 4.57. The molecule has 0 radical (unpaired) electrons. The van der Waals surface area contributed by atoms with E-state index in [0.29, 0.717) is 0 Å². The Morgan fingerprint density at radius 1 is 0.739 bits per heavy atom. The predicted molar refractivity (Wildman–Crippen MR) is 99.2 cm³/mol. The van der Waals surface area contributed by atoms with Gasteiger partial charge in [-0.25, -0.2) is 0 Å². The Bertz CT molecular complexity index is 522. The SMILES string of the molecule is CCCCC(CCCC)Cc1ccc(Oc2ccccc2)cc1. The predicted octanol–water partition coefficient (Wildman–Crippen LogP) is 7.02. The summed E-state index contributed by atoms with van der Waals surface area (Å²) < 4.78 is 5.87. The summed E-state index contributed by atoms with van der Waals surface area (Å²) in [4.78, 5) is 0. The lowest BCUT2D eigenvalue weighted by Crippen LogP contribution is -2.05. The molecule has 0 N–H and O–H groups in total. The number of ether oxygens (including phenoxy) is 1. The van der Waals surface area contributed by atoms with E-state index in [1.54, 1.807) is 0 Å². The lowest BCUT2D eigenvalue weighted by molar-refractivity contribution is 0.417. The molecule has 0 saturated carbocycles. The van der Waals surface area contributed by atoms with Crippen molar-refractivity contribution in [2.45, 2.75) is 58.8 Å². The van der Waals surface area contributed by atoms with Gasteiger partial charge in [-0.3, -0.25) is 0 Å². The summed E-state index contributed by atoms with van der Waals surface area (Å²) in [5.41, 5.74) is 1.43. The van der Waals surface area contributed by atoms with Crippen molar-refractivity contribution >= 4 is 0 Å². The second-order valence-electron chi connectivity index (χ2n) is 6.41. The molecule has 0 aliphatic rings. The Hall–Kier alpha value is -1.76. The number of benzene rings is 2. The van der Waals surface area contributed by atoms with Gasteiger partial charge in [0.1, 0.15) is 11.5 Å². The highest BCUT2D eigenvalue weighted by Crippen LogP contribution is 2.24. The number of hydrogen-bond donors (Lipinski definition) is 0. The highest BCUT2D eigenvalue weighted by atomic mass is 16.5. The van der Waals surface area contributed by atoms with Gasteiger partial charge in [0.15, 0.2) is 0 Å². The minimum absolute atomic E-state index is 0.829. The van der Waals surface area contributed by atoms with Crippen LogP contribution in [-0.2, 0) is 6.42 Å². The summed E-state index contributed by atoms with van der Waals surface area (Å²) in [6.07, 6.45) is 9.22. The highest BCUT2D eigenvalue weighted by Gasteiger charge is 2.09. The quantitative estimate of drug-likeness (QED) is 0.458. The van der Waals surface area contributed by atoms with Crippen LogP contribution in [0.15, 0.2) is 54.6 Å². The molecule has 0 aliphatic carbocycles. The normalized spacial score (nSPS) is 10.9. The average molecular weight is 310 g/mol. The molecule has 2 aromatic carbocycles. The van der Waals surface area contributed by atoms with Crippen molar-refractivity contribution < 1.29 is 4.74 Å². The molecule has 1 nitrogen and oxygen atoms in total. The Kier molecular flexibility index (Phi) is 7.72. The van der Waals surface area contributed by atoms with Gasteiger partial charge in [-0.1, -0.05) is 82.7 Å². The second-order valence-corrected chi connectivity index (χ2v) is 6.41. The Labute approximate surface area is 141 Å². The number of unbranched alkanes of at least 4 members (excludes halogenated alkanes) is 2. The standard InChI is InChI=1S/C22H30O/c1-3-5-10-19(11-6-4-2)18-20-14-16-22(17-15-20)23-21-12-8-7-9-13-21/h7-9,12-17,19H,3-6,10-11,18H2,1-2H3. The van der Waals surface area contributed by atoms with E-state index in [-0.39, 0.29) is 0 Å². The summed E-state index contributed by atoms with van der Waals surface area (Å²) in [5, 5.41) is 0. The summed E-state index contributed by atoms with van der Waals surface area (Å²) >= 11 is 0. The average Bonchev–Trinajstić information content (AvgIpc) is 2.60. The Balaban J connectivity index is 1.91. The maximum Gasteiger partial charge on any atom is 0.127 e. The van der Waals surface area contributed by atoms with Gasteiger partial charge in [0.25, 0.3) is 0 Å². The molecule has 23 heavy (non-hydrogen) atoms. The molecule has 1 heteroatoms. The van der Waals surface area contributed by atoms with Crippen LogP contribution in [0.2, 0.25) is 0 Å². The third kappa shape index (κ3) is 6.48. The fraction of sp³-hybridized carbons (Fsp3) is 0.455. The number of para-hydroxylation sites is 1. The number of rotatable bonds is 10. The van der Waals surface area contributed by atoms with Crippen molar-refractivity contribution in [3.05, 3.63) is 60.2 Å². The Morgan fingerprint density at radius 2 is 1.30 bits per heavy atom. The van der Waals surface area contributed by atoms with E-state index in [0.717, 1.165) is 17.4 Å². The monoisotopic (exact) mass is 310 g/mol. The summed E-state index contributed by atoms with van der Waals surface area (Å²) in [7, 11) is 0. The van der Waals surface area contributed by atoms with Crippen molar-refractivity contribution in [1.29, 1.82) is 0 Å². The fourth-order valence-electron chi connectivity index (χ4n) is 2.99. The first-order valence-corrected chi connectivity index (χ1v) is 9.13. The lowest BCUT2D eigenvalue weighted by atomic mass is 9.90. The van der Waals surface area contributed by atoms with Gasteiger partial charge in [-0.15, -0.1) is 0 Å². The lowest BCUT2D eigenvalue weighted by Gasteiger charge is -2.16. The van der Waals surface area contributed by atoms with E-state index >= 15 is 0 Å². The minimum atomic E-state index is 0.829. The van der Waals surface area contributed by atoms with Crippen molar-refractivity contribution in [2.24, 2.45) is 5.92 Å².